The molecule has 1 aromatic rings. The van der Waals surface area contributed by atoms with Crippen LogP contribution in [0.1, 0.15) is 31.0 Å². The predicted molar refractivity (Wildman–Crippen MR) is 65.9 cm³/mol. The summed E-state index contributed by atoms with van der Waals surface area (Å²) < 4.78 is 13.7. The van der Waals surface area contributed by atoms with Gasteiger partial charge in [0.15, 0.2) is 0 Å². The standard InChI is InChI=1S/C13H19FN2O/c1-8(2)7-16-12(13(15)17)10-6-9(3)4-5-11(10)14/h4-6,8,12,16H,7H2,1-3H3,(H2,15,17). The largest absolute Gasteiger partial charge is 0.368 e. The molecule has 94 valence electrons. The van der Waals surface area contributed by atoms with Crippen LogP contribution in [-0.2, 0) is 4.79 Å². The maximum Gasteiger partial charge on any atom is 0.239 e. The Balaban J connectivity index is 2.97. The monoisotopic (exact) mass is 238 g/mol. The van der Waals surface area contributed by atoms with E-state index in [4.69, 9.17) is 5.73 Å². The molecule has 1 rings (SSSR count). The van der Waals surface area contributed by atoms with E-state index in [9.17, 15) is 9.18 Å². The highest BCUT2D eigenvalue weighted by Gasteiger charge is 2.21. The van der Waals surface area contributed by atoms with Crippen LogP contribution in [0.2, 0.25) is 0 Å². The maximum atomic E-state index is 13.7. The van der Waals surface area contributed by atoms with Gasteiger partial charge in [0.1, 0.15) is 11.9 Å². The van der Waals surface area contributed by atoms with Crippen molar-refractivity contribution in [3.05, 3.63) is 35.1 Å². The van der Waals surface area contributed by atoms with E-state index < -0.39 is 17.8 Å². The summed E-state index contributed by atoms with van der Waals surface area (Å²) in [5, 5.41) is 2.99. The van der Waals surface area contributed by atoms with E-state index in [1.807, 2.05) is 20.8 Å². The molecule has 0 radical (unpaired) electrons. The highest BCUT2D eigenvalue weighted by atomic mass is 19.1. The van der Waals surface area contributed by atoms with Gasteiger partial charge in [-0.25, -0.2) is 4.39 Å². The first-order valence-corrected chi connectivity index (χ1v) is 5.70. The van der Waals surface area contributed by atoms with Crippen molar-refractivity contribution < 1.29 is 9.18 Å². The van der Waals surface area contributed by atoms with Crippen LogP contribution in [0.3, 0.4) is 0 Å². The van der Waals surface area contributed by atoms with Crippen molar-refractivity contribution in [2.75, 3.05) is 6.54 Å². The molecule has 0 aliphatic carbocycles. The fraction of sp³-hybridized carbons (Fsp3) is 0.462. The Bertz CT molecular complexity index is 404. The van der Waals surface area contributed by atoms with Gasteiger partial charge in [-0.05, 0) is 25.5 Å². The number of halogens is 1. The van der Waals surface area contributed by atoms with Crippen LogP contribution in [0.25, 0.3) is 0 Å². The van der Waals surface area contributed by atoms with Crippen LogP contribution in [0, 0.1) is 18.7 Å². The number of primary amides is 1. The summed E-state index contributed by atoms with van der Waals surface area (Å²) in [6.45, 7) is 6.49. The second-order valence-electron chi connectivity index (χ2n) is 4.66. The van der Waals surface area contributed by atoms with Crippen LogP contribution < -0.4 is 11.1 Å². The molecule has 3 nitrogen and oxygen atoms in total. The molecule has 0 fully saturated rings. The summed E-state index contributed by atoms with van der Waals surface area (Å²) in [4.78, 5) is 11.4. The number of carbonyl (C=O) groups is 1. The molecule has 1 aromatic carbocycles. The quantitative estimate of drug-likeness (QED) is 0.823. The number of amides is 1. The number of hydrogen-bond donors (Lipinski definition) is 2. The van der Waals surface area contributed by atoms with Gasteiger partial charge in [-0.15, -0.1) is 0 Å². The van der Waals surface area contributed by atoms with E-state index in [2.05, 4.69) is 5.32 Å². The van der Waals surface area contributed by atoms with Crippen LogP contribution in [-0.4, -0.2) is 12.5 Å². The number of benzene rings is 1. The van der Waals surface area contributed by atoms with Crippen LogP contribution in [0.4, 0.5) is 4.39 Å². The average Bonchev–Trinajstić information content (AvgIpc) is 2.22. The molecule has 1 unspecified atom stereocenters. The zero-order chi connectivity index (χ0) is 13.0. The Morgan fingerprint density at radius 2 is 2.12 bits per heavy atom. The summed E-state index contributed by atoms with van der Waals surface area (Å²) in [6.07, 6.45) is 0. The minimum Gasteiger partial charge on any atom is -0.368 e. The van der Waals surface area contributed by atoms with Crippen molar-refractivity contribution in [3.63, 3.8) is 0 Å². The zero-order valence-corrected chi connectivity index (χ0v) is 10.5. The van der Waals surface area contributed by atoms with Crippen molar-refractivity contribution in [2.45, 2.75) is 26.8 Å². The Kier molecular flexibility index (Phi) is 4.63. The van der Waals surface area contributed by atoms with E-state index in [1.165, 1.54) is 6.07 Å². The molecule has 0 spiro atoms. The molecule has 1 atom stereocenters. The Labute approximate surface area is 101 Å². The molecule has 1 amide bonds. The molecule has 0 heterocycles. The van der Waals surface area contributed by atoms with Crippen LogP contribution in [0.15, 0.2) is 18.2 Å². The molecule has 0 saturated heterocycles. The second kappa shape index (κ2) is 5.77. The van der Waals surface area contributed by atoms with E-state index >= 15 is 0 Å². The van der Waals surface area contributed by atoms with E-state index in [-0.39, 0.29) is 0 Å². The fourth-order valence-corrected chi connectivity index (χ4v) is 1.60. The Hall–Kier alpha value is -1.42. The number of hydrogen-bond acceptors (Lipinski definition) is 2. The lowest BCUT2D eigenvalue weighted by atomic mass is 10.0. The zero-order valence-electron chi connectivity index (χ0n) is 10.5. The highest BCUT2D eigenvalue weighted by Crippen LogP contribution is 2.18. The van der Waals surface area contributed by atoms with Gasteiger partial charge >= 0.3 is 0 Å². The molecule has 0 aliphatic rings. The third-order valence-corrected chi connectivity index (χ3v) is 2.48. The second-order valence-corrected chi connectivity index (χ2v) is 4.66. The van der Waals surface area contributed by atoms with Crippen molar-refractivity contribution in [1.29, 1.82) is 0 Å². The molecule has 3 N–H and O–H groups in total. The van der Waals surface area contributed by atoms with Gasteiger partial charge in [0, 0.05) is 5.56 Å². The van der Waals surface area contributed by atoms with E-state index in [0.29, 0.717) is 18.0 Å². The summed E-state index contributed by atoms with van der Waals surface area (Å²) in [7, 11) is 0. The lowest BCUT2D eigenvalue weighted by Crippen LogP contribution is -2.36. The van der Waals surface area contributed by atoms with Crippen LogP contribution in [0.5, 0.6) is 0 Å². The Morgan fingerprint density at radius 1 is 1.47 bits per heavy atom. The molecular weight excluding hydrogens is 219 g/mol. The summed E-state index contributed by atoms with van der Waals surface area (Å²) in [6, 6.07) is 3.91. The van der Waals surface area contributed by atoms with Gasteiger partial charge in [-0.2, -0.15) is 0 Å². The average molecular weight is 238 g/mol. The number of carbonyl (C=O) groups excluding carboxylic acids is 1. The topological polar surface area (TPSA) is 55.1 Å². The third kappa shape index (κ3) is 3.82. The van der Waals surface area contributed by atoms with Gasteiger partial charge in [0.2, 0.25) is 5.91 Å². The smallest absolute Gasteiger partial charge is 0.239 e. The Morgan fingerprint density at radius 3 is 2.65 bits per heavy atom. The molecule has 17 heavy (non-hydrogen) atoms. The lowest BCUT2D eigenvalue weighted by molar-refractivity contribution is -0.120. The first kappa shape index (κ1) is 13.6. The number of aryl methyl sites for hydroxylation is 1. The van der Waals surface area contributed by atoms with Gasteiger partial charge < -0.3 is 11.1 Å². The molecular formula is C13H19FN2O. The fourth-order valence-electron chi connectivity index (χ4n) is 1.60. The van der Waals surface area contributed by atoms with E-state index in [0.717, 1.165) is 5.56 Å². The van der Waals surface area contributed by atoms with E-state index in [1.54, 1.807) is 12.1 Å². The molecule has 0 aliphatic heterocycles. The van der Waals surface area contributed by atoms with Gasteiger partial charge in [0.25, 0.3) is 0 Å². The SMILES string of the molecule is Cc1ccc(F)c(C(NCC(C)C)C(N)=O)c1. The minimum absolute atomic E-state index is 0.318. The van der Waals surface area contributed by atoms with Gasteiger partial charge in [0.05, 0.1) is 0 Å². The van der Waals surface area contributed by atoms with Gasteiger partial charge in [-0.1, -0.05) is 31.5 Å². The van der Waals surface area contributed by atoms with Gasteiger partial charge in [-0.3, -0.25) is 4.79 Å². The normalized spacial score (nSPS) is 12.8. The molecule has 0 bridgehead atoms. The van der Waals surface area contributed by atoms with Crippen molar-refractivity contribution in [1.82, 2.24) is 5.32 Å². The highest BCUT2D eigenvalue weighted by molar-refractivity contribution is 5.81. The number of rotatable bonds is 5. The van der Waals surface area contributed by atoms with Crippen molar-refractivity contribution in [2.24, 2.45) is 11.7 Å². The first-order valence-electron chi connectivity index (χ1n) is 5.70. The molecule has 0 saturated carbocycles. The number of nitrogens with one attached hydrogen (secondary N) is 1. The third-order valence-electron chi connectivity index (χ3n) is 2.48. The predicted octanol–water partition coefficient (Wildman–Crippen LogP) is 1.91. The summed E-state index contributed by atoms with van der Waals surface area (Å²) >= 11 is 0. The van der Waals surface area contributed by atoms with Crippen LogP contribution >= 0.6 is 0 Å². The lowest BCUT2D eigenvalue weighted by Gasteiger charge is -2.18. The van der Waals surface area contributed by atoms with Crippen molar-refractivity contribution in [3.8, 4) is 0 Å². The summed E-state index contributed by atoms with van der Waals surface area (Å²) in [5.74, 6) is -0.601. The number of nitrogens with two attached hydrogens (primary N) is 1. The first-order chi connectivity index (χ1) is 7.91. The molecule has 0 aromatic heterocycles. The minimum atomic E-state index is -0.766. The molecule has 4 heteroatoms. The maximum absolute atomic E-state index is 13.7. The van der Waals surface area contributed by atoms with Crippen molar-refractivity contribution >= 4 is 5.91 Å². The summed E-state index contributed by atoms with van der Waals surface area (Å²) in [5.41, 5.74) is 6.53.